The topological polar surface area (TPSA) is 67.5 Å². The standard InChI is InChI=1S/C11H13N3O2/c1-8-5-6-14-10(7-8)12-9(13-14)3-2-4-11(15)16/h5-7H,2-4H2,1H3,(H,15,16). The van der Waals surface area contributed by atoms with E-state index in [2.05, 4.69) is 10.1 Å². The van der Waals surface area contributed by atoms with E-state index < -0.39 is 5.97 Å². The molecule has 0 fully saturated rings. The maximum atomic E-state index is 10.4. The first-order valence-corrected chi connectivity index (χ1v) is 5.19. The fourth-order valence-corrected chi connectivity index (χ4v) is 1.53. The summed E-state index contributed by atoms with van der Waals surface area (Å²) >= 11 is 0. The fourth-order valence-electron chi connectivity index (χ4n) is 1.53. The number of hydrogen-bond donors (Lipinski definition) is 1. The van der Waals surface area contributed by atoms with Crippen LogP contribution in [-0.2, 0) is 11.2 Å². The third-order valence-corrected chi connectivity index (χ3v) is 2.33. The van der Waals surface area contributed by atoms with E-state index in [1.165, 1.54) is 0 Å². The summed E-state index contributed by atoms with van der Waals surface area (Å²) in [6.45, 7) is 2.00. The lowest BCUT2D eigenvalue weighted by atomic mass is 10.2. The quantitative estimate of drug-likeness (QED) is 0.845. The molecular formula is C11H13N3O2. The molecule has 0 unspecified atom stereocenters. The van der Waals surface area contributed by atoms with Crippen molar-refractivity contribution in [3.63, 3.8) is 0 Å². The smallest absolute Gasteiger partial charge is 0.303 e. The predicted molar refractivity (Wildman–Crippen MR) is 58.3 cm³/mol. The van der Waals surface area contributed by atoms with Crippen LogP contribution >= 0.6 is 0 Å². The molecule has 0 atom stereocenters. The Morgan fingerprint density at radius 2 is 2.38 bits per heavy atom. The van der Waals surface area contributed by atoms with Gasteiger partial charge in [-0.15, -0.1) is 0 Å². The largest absolute Gasteiger partial charge is 0.481 e. The number of nitrogens with zero attached hydrogens (tertiary/aromatic N) is 3. The number of aliphatic carboxylic acids is 1. The average Bonchev–Trinajstić information content (AvgIpc) is 2.58. The number of carboxylic acids is 1. The van der Waals surface area contributed by atoms with Crippen molar-refractivity contribution in [3.8, 4) is 0 Å². The number of carbonyl (C=O) groups is 1. The highest BCUT2D eigenvalue weighted by Crippen LogP contribution is 2.06. The number of aryl methyl sites for hydroxylation is 2. The van der Waals surface area contributed by atoms with Crippen molar-refractivity contribution in [1.29, 1.82) is 0 Å². The van der Waals surface area contributed by atoms with Gasteiger partial charge in [0, 0.05) is 19.0 Å². The van der Waals surface area contributed by atoms with Gasteiger partial charge in [0.2, 0.25) is 0 Å². The van der Waals surface area contributed by atoms with E-state index in [9.17, 15) is 4.79 Å². The minimum Gasteiger partial charge on any atom is -0.481 e. The van der Waals surface area contributed by atoms with E-state index in [0.717, 1.165) is 11.2 Å². The van der Waals surface area contributed by atoms with Crippen LogP contribution in [0.2, 0.25) is 0 Å². The fraction of sp³-hybridized carbons (Fsp3) is 0.364. The first-order chi connectivity index (χ1) is 7.65. The van der Waals surface area contributed by atoms with Crippen molar-refractivity contribution in [2.24, 2.45) is 0 Å². The first kappa shape index (κ1) is 10.6. The van der Waals surface area contributed by atoms with Crippen LogP contribution < -0.4 is 0 Å². The minimum atomic E-state index is -0.778. The van der Waals surface area contributed by atoms with Gasteiger partial charge in [-0.3, -0.25) is 4.79 Å². The Bertz CT molecular complexity index is 519. The van der Waals surface area contributed by atoms with Gasteiger partial charge in [-0.2, -0.15) is 5.10 Å². The lowest BCUT2D eigenvalue weighted by Gasteiger charge is -1.91. The summed E-state index contributed by atoms with van der Waals surface area (Å²) in [5.41, 5.74) is 1.95. The number of carboxylic acid groups (broad SMARTS) is 1. The molecule has 2 aromatic heterocycles. The van der Waals surface area contributed by atoms with Crippen LogP contribution in [0.1, 0.15) is 24.2 Å². The molecule has 0 aromatic carbocycles. The summed E-state index contributed by atoms with van der Waals surface area (Å²) in [5, 5.41) is 12.8. The van der Waals surface area contributed by atoms with E-state index in [1.54, 1.807) is 4.52 Å². The molecule has 0 aliphatic rings. The van der Waals surface area contributed by atoms with Crippen LogP contribution in [0, 0.1) is 6.92 Å². The molecule has 0 aliphatic heterocycles. The number of fused-ring (bicyclic) bond motifs is 1. The minimum absolute atomic E-state index is 0.161. The molecule has 5 heteroatoms. The molecule has 2 aromatic rings. The highest BCUT2D eigenvalue weighted by atomic mass is 16.4. The zero-order chi connectivity index (χ0) is 11.5. The van der Waals surface area contributed by atoms with Gasteiger partial charge in [0.1, 0.15) is 0 Å². The molecule has 84 valence electrons. The maximum Gasteiger partial charge on any atom is 0.303 e. The third kappa shape index (κ3) is 2.36. The Hall–Kier alpha value is -1.91. The molecule has 0 spiro atoms. The highest BCUT2D eigenvalue weighted by Gasteiger charge is 2.04. The molecule has 16 heavy (non-hydrogen) atoms. The van der Waals surface area contributed by atoms with Gasteiger partial charge in [0.15, 0.2) is 11.5 Å². The van der Waals surface area contributed by atoms with Crippen molar-refractivity contribution in [1.82, 2.24) is 14.6 Å². The summed E-state index contributed by atoms with van der Waals surface area (Å²) in [4.78, 5) is 14.7. The lowest BCUT2D eigenvalue weighted by Crippen LogP contribution is -1.97. The molecule has 0 aliphatic carbocycles. The predicted octanol–water partition coefficient (Wildman–Crippen LogP) is 1.45. The van der Waals surface area contributed by atoms with Crippen LogP contribution in [0.5, 0.6) is 0 Å². The van der Waals surface area contributed by atoms with Gasteiger partial charge >= 0.3 is 5.97 Å². The maximum absolute atomic E-state index is 10.4. The van der Waals surface area contributed by atoms with Crippen LogP contribution in [-0.4, -0.2) is 25.7 Å². The monoisotopic (exact) mass is 219 g/mol. The molecule has 0 radical (unpaired) electrons. The van der Waals surface area contributed by atoms with Crippen LogP contribution in [0.15, 0.2) is 18.3 Å². The van der Waals surface area contributed by atoms with Gasteiger partial charge < -0.3 is 5.11 Å². The Morgan fingerprint density at radius 3 is 3.12 bits per heavy atom. The van der Waals surface area contributed by atoms with E-state index in [-0.39, 0.29) is 6.42 Å². The van der Waals surface area contributed by atoms with Crippen molar-refractivity contribution in [2.45, 2.75) is 26.2 Å². The van der Waals surface area contributed by atoms with Crippen LogP contribution in [0.3, 0.4) is 0 Å². The van der Waals surface area contributed by atoms with Gasteiger partial charge in [0.05, 0.1) is 0 Å². The Labute approximate surface area is 92.7 Å². The van der Waals surface area contributed by atoms with Crippen LogP contribution in [0.4, 0.5) is 0 Å². The Balaban J connectivity index is 2.10. The zero-order valence-corrected chi connectivity index (χ0v) is 9.05. The van der Waals surface area contributed by atoms with Crippen molar-refractivity contribution < 1.29 is 9.90 Å². The van der Waals surface area contributed by atoms with E-state index >= 15 is 0 Å². The van der Waals surface area contributed by atoms with Crippen molar-refractivity contribution >= 4 is 11.6 Å². The summed E-state index contributed by atoms with van der Waals surface area (Å²) in [6, 6.07) is 3.91. The third-order valence-electron chi connectivity index (χ3n) is 2.33. The van der Waals surface area contributed by atoms with Crippen LogP contribution in [0.25, 0.3) is 5.65 Å². The second kappa shape index (κ2) is 4.30. The second-order valence-electron chi connectivity index (χ2n) is 3.78. The first-order valence-electron chi connectivity index (χ1n) is 5.19. The molecule has 2 heterocycles. The van der Waals surface area contributed by atoms with Gasteiger partial charge in [-0.05, 0) is 31.0 Å². The summed E-state index contributed by atoms with van der Waals surface area (Å²) < 4.78 is 1.71. The molecular weight excluding hydrogens is 206 g/mol. The Morgan fingerprint density at radius 1 is 1.56 bits per heavy atom. The summed E-state index contributed by atoms with van der Waals surface area (Å²) in [6.07, 6.45) is 3.20. The van der Waals surface area contributed by atoms with Gasteiger partial charge in [-0.1, -0.05) is 0 Å². The molecule has 0 amide bonds. The normalized spacial score (nSPS) is 10.8. The SMILES string of the molecule is Cc1ccn2nc(CCCC(=O)O)nc2c1. The molecule has 1 N–H and O–H groups in total. The summed E-state index contributed by atoms with van der Waals surface area (Å²) in [7, 11) is 0. The number of pyridine rings is 1. The van der Waals surface area contributed by atoms with Gasteiger partial charge in [-0.25, -0.2) is 9.50 Å². The number of aromatic nitrogens is 3. The summed E-state index contributed by atoms with van der Waals surface area (Å²) in [5.74, 6) is -0.0774. The molecule has 2 rings (SSSR count). The number of hydrogen-bond acceptors (Lipinski definition) is 3. The van der Waals surface area contributed by atoms with Gasteiger partial charge in [0.25, 0.3) is 0 Å². The van der Waals surface area contributed by atoms with E-state index in [1.807, 2.05) is 25.3 Å². The average molecular weight is 219 g/mol. The highest BCUT2D eigenvalue weighted by molar-refractivity contribution is 5.66. The van der Waals surface area contributed by atoms with Crippen molar-refractivity contribution in [2.75, 3.05) is 0 Å². The molecule has 0 saturated heterocycles. The van der Waals surface area contributed by atoms with Crippen molar-refractivity contribution in [3.05, 3.63) is 29.7 Å². The second-order valence-corrected chi connectivity index (χ2v) is 3.78. The molecule has 5 nitrogen and oxygen atoms in total. The number of rotatable bonds is 4. The molecule has 0 bridgehead atoms. The molecule has 0 saturated carbocycles. The Kier molecular flexibility index (Phi) is 2.85. The van der Waals surface area contributed by atoms with E-state index in [0.29, 0.717) is 18.7 Å². The zero-order valence-electron chi connectivity index (χ0n) is 9.05. The van der Waals surface area contributed by atoms with E-state index in [4.69, 9.17) is 5.11 Å². The lowest BCUT2D eigenvalue weighted by molar-refractivity contribution is -0.137.